The van der Waals surface area contributed by atoms with Crippen LogP contribution in [-0.4, -0.2) is 35.5 Å². The summed E-state index contributed by atoms with van der Waals surface area (Å²) in [6, 6.07) is 3.12. The Morgan fingerprint density at radius 2 is 1.89 bits per heavy atom. The molecule has 2 N–H and O–H groups in total. The monoisotopic (exact) mass is 422 g/mol. The lowest BCUT2D eigenvalue weighted by atomic mass is 10.2. The summed E-state index contributed by atoms with van der Waals surface area (Å²) in [6.45, 7) is 8.79. The fraction of sp³-hybridized carbons (Fsp3) is 0.368. The van der Waals surface area contributed by atoms with Gasteiger partial charge in [0.15, 0.2) is 15.7 Å². The van der Waals surface area contributed by atoms with Crippen LogP contribution in [0.25, 0.3) is 10.9 Å². The summed E-state index contributed by atoms with van der Waals surface area (Å²) < 4.78 is 30.4. The average Bonchev–Trinajstić information content (AvgIpc) is 2.94. The van der Waals surface area contributed by atoms with Crippen molar-refractivity contribution in [3.8, 4) is 5.75 Å². The van der Waals surface area contributed by atoms with Crippen molar-refractivity contribution < 1.29 is 13.2 Å². The van der Waals surface area contributed by atoms with Gasteiger partial charge in [0, 0.05) is 22.7 Å². The molecule has 2 heterocycles. The molecular weight excluding hydrogens is 400 g/mol. The van der Waals surface area contributed by atoms with Gasteiger partial charge in [-0.25, -0.2) is 8.42 Å². The van der Waals surface area contributed by atoms with Gasteiger partial charge in [-0.2, -0.15) is 5.10 Å². The average molecular weight is 423 g/mol. The topological polar surface area (TPSA) is 97.0 Å². The van der Waals surface area contributed by atoms with Crippen molar-refractivity contribution in [2.45, 2.75) is 44.3 Å². The molecule has 1 aromatic carbocycles. The summed E-state index contributed by atoms with van der Waals surface area (Å²) in [5.74, 6) is 0.877. The number of aromatic nitrogens is 3. The molecule has 3 rings (SSSR count). The first-order valence-electron chi connectivity index (χ1n) is 8.67. The third-order valence-electron chi connectivity index (χ3n) is 4.69. The summed E-state index contributed by atoms with van der Waals surface area (Å²) in [6.07, 6.45) is 1.59. The number of H-pyrrole nitrogens is 1. The fourth-order valence-corrected chi connectivity index (χ4v) is 4.28. The van der Waals surface area contributed by atoms with Crippen LogP contribution < -0.4 is 10.1 Å². The molecule has 0 radical (unpaired) electrons. The molecule has 0 fully saturated rings. The van der Waals surface area contributed by atoms with Gasteiger partial charge >= 0.3 is 0 Å². The van der Waals surface area contributed by atoms with Crippen molar-refractivity contribution in [1.29, 1.82) is 0 Å². The van der Waals surface area contributed by atoms with Crippen LogP contribution in [0.2, 0.25) is 5.02 Å². The predicted octanol–water partition coefficient (Wildman–Crippen LogP) is 4.55. The molecule has 0 aliphatic rings. The number of hydrogen-bond acceptors (Lipinski definition) is 6. The third-order valence-corrected chi connectivity index (χ3v) is 7.61. The van der Waals surface area contributed by atoms with E-state index in [4.69, 9.17) is 16.3 Å². The van der Waals surface area contributed by atoms with Gasteiger partial charge in [-0.3, -0.25) is 10.1 Å². The van der Waals surface area contributed by atoms with E-state index in [1.165, 1.54) is 13.2 Å². The first-order valence-corrected chi connectivity index (χ1v) is 10.5. The van der Waals surface area contributed by atoms with Gasteiger partial charge in [0.25, 0.3) is 0 Å². The van der Waals surface area contributed by atoms with Crippen LogP contribution >= 0.6 is 11.6 Å². The maximum absolute atomic E-state index is 13.0. The number of hydrogen-bond donors (Lipinski definition) is 2. The second-order valence-corrected chi connectivity index (χ2v) is 10.6. The standard InChI is InChI=1S/C19H23ClN4O3S/c1-10-11(2)23-24-18(10)22-14-9-21-13-8-15(27-6)16(7-12(13)17(14)20)28(25,26)19(3,4)5/h7-9H,1-6H3,(H2,22,23,24). The zero-order chi connectivity index (χ0) is 20.9. The summed E-state index contributed by atoms with van der Waals surface area (Å²) in [7, 11) is -2.22. The van der Waals surface area contributed by atoms with Gasteiger partial charge in [-0.15, -0.1) is 0 Å². The molecule has 0 saturated heterocycles. The van der Waals surface area contributed by atoms with Gasteiger partial charge < -0.3 is 10.1 Å². The predicted molar refractivity (Wildman–Crippen MR) is 112 cm³/mol. The van der Waals surface area contributed by atoms with Crippen LogP contribution in [0.1, 0.15) is 32.0 Å². The van der Waals surface area contributed by atoms with Crippen molar-refractivity contribution in [2.75, 3.05) is 12.4 Å². The normalized spacial score (nSPS) is 12.4. The van der Waals surface area contributed by atoms with Gasteiger partial charge in [0.1, 0.15) is 10.6 Å². The van der Waals surface area contributed by atoms with E-state index in [0.717, 1.165) is 11.3 Å². The number of fused-ring (bicyclic) bond motifs is 1. The molecule has 7 nitrogen and oxygen atoms in total. The second kappa shape index (κ2) is 6.93. The van der Waals surface area contributed by atoms with E-state index in [2.05, 4.69) is 20.5 Å². The van der Waals surface area contributed by atoms with Crippen molar-refractivity contribution in [2.24, 2.45) is 0 Å². The minimum Gasteiger partial charge on any atom is -0.495 e. The molecule has 150 valence electrons. The molecule has 2 aromatic heterocycles. The Hall–Kier alpha value is -2.32. The van der Waals surface area contributed by atoms with Crippen LogP contribution in [-0.2, 0) is 9.84 Å². The number of sulfone groups is 1. The summed E-state index contributed by atoms with van der Waals surface area (Å²) in [5.41, 5.74) is 2.97. The molecule has 3 aromatic rings. The van der Waals surface area contributed by atoms with Crippen molar-refractivity contribution in [3.63, 3.8) is 0 Å². The SMILES string of the molecule is COc1cc2ncc(Nc3n[nH]c(C)c3C)c(Cl)c2cc1S(=O)(=O)C(C)(C)C. The molecule has 0 bridgehead atoms. The third kappa shape index (κ3) is 3.31. The van der Waals surface area contributed by atoms with Crippen LogP contribution in [0, 0.1) is 13.8 Å². The van der Waals surface area contributed by atoms with Gasteiger partial charge in [-0.1, -0.05) is 11.6 Å². The molecule has 0 aliphatic carbocycles. The Morgan fingerprint density at radius 3 is 2.43 bits per heavy atom. The van der Waals surface area contributed by atoms with E-state index in [0.29, 0.717) is 27.4 Å². The zero-order valence-electron chi connectivity index (χ0n) is 16.6. The number of aromatic amines is 1. The number of nitrogens with zero attached hydrogens (tertiary/aromatic N) is 2. The first kappa shape index (κ1) is 20.4. The number of rotatable bonds is 4. The smallest absolute Gasteiger partial charge is 0.186 e. The van der Waals surface area contributed by atoms with E-state index in [1.807, 2.05) is 13.8 Å². The number of benzene rings is 1. The summed E-state index contributed by atoms with van der Waals surface area (Å²) in [4.78, 5) is 4.49. The molecule has 9 heteroatoms. The van der Waals surface area contributed by atoms with Crippen LogP contribution in [0.3, 0.4) is 0 Å². The van der Waals surface area contributed by atoms with Crippen LogP contribution in [0.4, 0.5) is 11.5 Å². The molecule has 0 unspecified atom stereocenters. The van der Waals surface area contributed by atoms with E-state index in [1.54, 1.807) is 33.0 Å². The molecule has 0 atom stereocenters. The maximum Gasteiger partial charge on any atom is 0.186 e. The van der Waals surface area contributed by atoms with E-state index >= 15 is 0 Å². The molecule has 0 amide bonds. The summed E-state index contributed by atoms with van der Waals surface area (Å²) in [5, 5.41) is 11.1. The number of halogens is 1. The molecule has 0 saturated carbocycles. The van der Waals surface area contributed by atoms with Gasteiger partial charge in [-0.05, 0) is 40.7 Å². The lowest BCUT2D eigenvalue weighted by Crippen LogP contribution is -2.28. The minimum atomic E-state index is -3.65. The van der Waals surface area contributed by atoms with E-state index in [9.17, 15) is 8.42 Å². The number of ether oxygens (including phenoxy) is 1. The Balaban J connectivity index is 2.20. The molecule has 0 aliphatic heterocycles. The van der Waals surface area contributed by atoms with Crippen LogP contribution in [0.5, 0.6) is 5.75 Å². The van der Waals surface area contributed by atoms with Gasteiger partial charge in [0.05, 0.1) is 34.3 Å². The van der Waals surface area contributed by atoms with Crippen molar-refractivity contribution >= 4 is 43.8 Å². The highest BCUT2D eigenvalue weighted by molar-refractivity contribution is 7.92. The lowest BCUT2D eigenvalue weighted by molar-refractivity contribution is 0.402. The Labute approximate surface area is 169 Å². The minimum absolute atomic E-state index is 0.0858. The highest BCUT2D eigenvalue weighted by Crippen LogP contribution is 2.39. The first-order chi connectivity index (χ1) is 13.0. The quantitative estimate of drug-likeness (QED) is 0.640. The Morgan fingerprint density at radius 1 is 1.21 bits per heavy atom. The number of anilines is 2. The number of nitrogens with one attached hydrogen (secondary N) is 2. The largest absolute Gasteiger partial charge is 0.495 e. The number of pyridine rings is 1. The molecule has 0 spiro atoms. The van der Waals surface area contributed by atoms with Crippen molar-refractivity contribution in [1.82, 2.24) is 15.2 Å². The Bertz CT molecular complexity index is 1160. The molecule has 28 heavy (non-hydrogen) atoms. The van der Waals surface area contributed by atoms with Crippen molar-refractivity contribution in [3.05, 3.63) is 34.6 Å². The second-order valence-electron chi connectivity index (χ2n) is 7.57. The summed E-state index contributed by atoms with van der Waals surface area (Å²) >= 11 is 6.61. The molecular formula is C19H23ClN4O3S. The maximum atomic E-state index is 13.0. The highest BCUT2D eigenvalue weighted by atomic mass is 35.5. The van der Waals surface area contributed by atoms with E-state index in [-0.39, 0.29) is 10.6 Å². The fourth-order valence-electron chi connectivity index (χ4n) is 2.69. The zero-order valence-corrected chi connectivity index (χ0v) is 18.2. The highest BCUT2D eigenvalue weighted by Gasteiger charge is 2.34. The van der Waals surface area contributed by atoms with Crippen LogP contribution in [0.15, 0.2) is 23.2 Å². The number of aryl methyl sites for hydroxylation is 1. The lowest BCUT2D eigenvalue weighted by Gasteiger charge is -2.21. The van der Waals surface area contributed by atoms with Gasteiger partial charge in [0.2, 0.25) is 0 Å². The van der Waals surface area contributed by atoms with E-state index < -0.39 is 14.6 Å². The number of methoxy groups -OCH3 is 1. The Kier molecular flexibility index (Phi) is 5.05.